The molecule has 2 rings (SSSR count). The average molecular weight is 565 g/mol. The molecule has 2 aliphatic rings. The zero-order valence-corrected chi connectivity index (χ0v) is 24.1. The van der Waals surface area contributed by atoms with E-state index in [-0.39, 0.29) is 0 Å². The third-order valence-electron chi connectivity index (χ3n) is 3.32. The second-order valence-corrected chi connectivity index (χ2v) is 15.6. The zero-order valence-electron chi connectivity index (χ0n) is 17.6. The summed E-state index contributed by atoms with van der Waals surface area (Å²) in [4.78, 5) is 0. The summed E-state index contributed by atoms with van der Waals surface area (Å²) in [6, 6.07) is 0. The molecular formula is C18H28O4S8. The first kappa shape index (κ1) is 28.1. The molecule has 0 N–H and O–H groups in total. The van der Waals surface area contributed by atoms with Crippen LogP contribution >= 0.6 is 94.1 Å². The van der Waals surface area contributed by atoms with Crippen LogP contribution in [-0.4, -0.2) is 77.9 Å². The Bertz CT molecular complexity index is 523. The predicted molar refractivity (Wildman–Crippen MR) is 149 cm³/mol. The van der Waals surface area contributed by atoms with Gasteiger partial charge >= 0.3 is 0 Å². The van der Waals surface area contributed by atoms with Crippen molar-refractivity contribution in [2.24, 2.45) is 0 Å². The van der Waals surface area contributed by atoms with Crippen molar-refractivity contribution in [2.75, 3.05) is 77.9 Å². The molecule has 0 amide bonds. The molecule has 0 bridgehead atoms. The van der Waals surface area contributed by atoms with Crippen LogP contribution in [0.5, 0.6) is 0 Å². The van der Waals surface area contributed by atoms with E-state index in [0.29, 0.717) is 0 Å². The van der Waals surface area contributed by atoms with E-state index in [0.717, 1.165) is 49.4 Å². The van der Waals surface area contributed by atoms with E-state index in [9.17, 15) is 0 Å². The van der Waals surface area contributed by atoms with Gasteiger partial charge < -0.3 is 18.9 Å². The number of hydrogen-bond acceptors (Lipinski definition) is 12. The molecule has 0 aromatic carbocycles. The molecule has 172 valence electrons. The van der Waals surface area contributed by atoms with Crippen molar-refractivity contribution in [3.63, 3.8) is 0 Å². The predicted octanol–water partition coefficient (Wildman–Crippen LogP) is 6.84. The molecule has 4 nitrogen and oxygen atoms in total. The van der Waals surface area contributed by atoms with Crippen LogP contribution < -0.4 is 0 Å². The molecule has 0 aromatic heterocycles. The fourth-order valence-electron chi connectivity index (χ4n) is 1.94. The van der Waals surface area contributed by atoms with Gasteiger partial charge in [0, 0.05) is 51.5 Å². The molecule has 30 heavy (non-hydrogen) atoms. The second-order valence-electron chi connectivity index (χ2n) is 5.50. The van der Waals surface area contributed by atoms with Gasteiger partial charge in [0.05, 0.1) is 51.9 Å². The Labute approximate surface area is 214 Å². The molecule has 0 aliphatic carbocycles. The minimum Gasteiger partial charge on any atom is -0.384 e. The molecule has 0 spiro atoms. The minimum atomic E-state index is 0.771. The first-order valence-corrected chi connectivity index (χ1v) is 16.4. The van der Waals surface area contributed by atoms with Crippen molar-refractivity contribution in [1.82, 2.24) is 0 Å². The summed E-state index contributed by atoms with van der Waals surface area (Å²) < 4.78 is 29.4. The van der Waals surface area contributed by atoms with Crippen LogP contribution in [0.25, 0.3) is 0 Å². The maximum atomic E-state index is 5.24. The van der Waals surface area contributed by atoms with Crippen LogP contribution in [0.2, 0.25) is 0 Å². The third-order valence-corrected chi connectivity index (χ3v) is 14.8. The molecule has 12 heteroatoms. The van der Waals surface area contributed by atoms with Gasteiger partial charge in [-0.1, -0.05) is 47.0 Å². The zero-order chi connectivity index (χ0) is 21.6. The Hall–Kier alpha value is 1.86. The molecular weight excluding hydrogens is 537 g/mol. The van der Waals surface area contributed by atoms with Gasteiger partial charge in [0.1, 0.15) is 0 Å². The Balaban J connectivity index is 2.05. The third kappa shape index (κ3) is 10.0. The lowest BCUT2D eigenvalue weighted by atomic mass is 10.9. The van der Waals surface area contributed by atoms with Gasteiger partial charge in [-0.15, -0.1) is 47.0 Å². The SMILES string of the molecule is COCCSC1=C(SCCOC)SC(=C2SC(SCCOC)=C(SCCOC)S2)S1. The van der Waals surface area contributed by atoms with Crippen LogP contribution in [0.3, 0.4) is 0 Å². The normalized spacial score (nSPS) is 17.2. The number of hydrogen-bond donors (Lipinski definition) is 0. The van der Waals surface area contributed by atoms with Crippen LogP contribution in [0.4, 0.5) is 0 Å². The van der Waals surface area contributed by atoms with E-state index < -0.39 is 0 Å². The summed E-state index contributed by atoms with van der Waals surface area (Å²) >= 11 is 15.3. The lowest BCUT2D eigenvalue weighted by Crippen LogP contribution is -1.92. The van der Waals surface area contributed by atoms with Crippen molar-refractivity contribution < 1.29 is 18.9 Å². The van der Waals surface area contributed by atoms with Crippen molar-refractivity contribution in [3.8, 4) is 0 Å². The van der Waals surface area contributed by atoms with E-state index in [1.54, 1.807) is 28.4 Å². The van der Waals surface area contributed by atoms with E-state index >= 15 is 0 Å². The molecule has 0 saturated heterocycles. The smallest absolute Gasteiger partial charge is 0.0717 e. The molecule has 2 aliphatic heterocycles. The monoisotopic (exact) mass is 564 g/mol. The molecule has 0 aromatic rings. The Morgan fingerprint density at radius 1 is 0.467 bits per heavy atom. The maximum Gasteiger partial charge on any atom is 0.0717 e. The first-order valence-electron chi connectivity index (χ1n) is 9.14. The Morgan fingerprint density at radius 2 is 0.700 bits per heavy atom. The lowest BCUT2D eigenvalue weighted by Gasteiger charge is -2.04. The summed E-state index contributed by atoms with van der Waals surface area (Å²) in [6.45, 7) is 3.08. The number of rotatable bonds is 16. The summed E-state index contributed by atoms with van der Waals surface area (Å²) in [6.07, 6.45) is 0. The molecule has 0 atom stereocenters. The standard InChI is InChI=1S/C18H28O4S8/c1-19-5-9-23-13-14(24-10-6-20-2)28-17(27-13)18-29-15(25-11-7-21-3)16(30-18)26-12-8-22-4/h5-12H2,1-4H3. The van der Waals surface area contributed by atoms with Crippen molar-refractivity contribution in [2.45, 2.75) is 0 Å². The van der Waals surface area contributed by atoms with E-state index in [2.05, 4.69) is 0 Å². The number of methoxy groups -OCH3 is 4. The maximum absolute atomic E-state index is 5.24. The van der Waals surface area contributed by atoms with Crippen LogP contribution in [0, 0.1) is 0 Å². The largest absolute Gasteiger partial charge is 0.384 e. The minimum absolute atomic E-state index is 0.771. The van der Waals surface area contributed by atoms with Gasteiger partial charge in [0.15, 0.2) is 0 Å². The van der Waals surface area contributed by atoms with Gasteiger partial charge in [-0.25, -0.2) is 0 Å². The molecule has 2 heterocycles. The van der Waals surface area contributed by atoms with Gasteiger partial charge in [0.25, 0.3) is 0 Å². The molecule has 0 radical (unpaired) electrons. The molecule has 0 fully saturated rings. The highest BCUT2D eigenvalue weighted by molar-refractivity contribution is 8.45. The van der Waals surface area contributed by atoms with Crippen molar-refractivity contribution in [1.29, 1.82) is 0 Å². The van der Waals surface area contributed by atoms with Crippen molar-refractivity contribution >= 4 is 94.1 Å². The first-order chi connectivity index (χ1) is 14.7. The summed E-state index contributed by atoms with van der Waals surface area (Å²) in [5.74, 6) is 3.91. The van der Waals surface area contributed by atoms with Crippen LogP contribution in [0.1, 0.15) is 0 Å². The quantitative estimate of drug-likeness (QED) is 0.184. The highest BCUT2D eigenvalue weighted by atomic mass is 32.3. The van der Waals surface area contributed by atoms with Crippen LogP contribution in [0.15, 0.2) is 25.4 Å². The number of ether oxygens (including phenoxy) is 4. The van der Waals surface area contributed by atoms with E-state index in [4.69, 9.17) is 18.9 Å². The average Bonchev–Trinajstić information content (AvgIpc) is 3.33. The Kier molecular flexibility index (Phi) is 16.2. The topological polar surface area (TPSA) is 36.9 Å². The van der Waals surface area contributed by atoms with Gasteiger partial charge in [-0.3, -0.25) is 0 Å². The van der Waals surface area contributed by atoms with Gasteiger partial charge in [0.2, 0.25) is 0 Å². The summed E-state index contributed by atoms with van der Waals surface area (Å²) in [5.41, 5.74) is 0. The van der Waals surface area contributed by atoms with Crippen LogP contribution in [-0.2, 0) is 18.9 Å². The molecule has 0 unspecified atom stereocenters. The lowest BCUT2D eigenvalue weighted by molar-refractivity contribution is 0.218. The summed E-state index contributed by atoms with van der Waals surface area (Å²) in [7, 11) is 7.04. The summed E-state index contributed by atoms with van der Waals surface area (Å²) in [5, 5.41) is 0. The highest BCUT2D eigenvalue weighted by Crippen LogP contribution is 2.66. The Morgan fingerprint density at radius 3 is 0.900 bits per heavy atom. The van der Waals surface area contributed by atoms with E-state index in [1.807, 2.05) is 94.1 Å². The van der Waals surface area contributed by atoms with Gasteiger partial charge in [-0.05, 0) is 0 Å². The molecule has 0 saturated carbocycles. The number of thioether (sulfide) groups is 8. The van der Waals surface area contributed by atoms with Gasteiger partial charge in [-0.2, -0.15) is 0 Å². The fraction of sp³-hybridized carbons (Fsp3) is 0.667. The fourth-order valence-corrected chi connectivity index (χ4v) is 13.8. The highest BCUT2D eigenvalue weighted by Gasteiger charge is 2.30. The van der Waals surface area contributed by atoms with Crippen molar-refractivity contribution in [3.05, 3.63) is 25.4 Å². The second kappa shape index (κ2) is 17.3. The van der Waals surface area contributed by atoms with E-state index in [1.165, 1.54) is 25.4 Å².